The molecule has 100 valence electrons. The van der Waals surface area contributed by atoms with Crippen LogP contribution in [0.25, 0.3) is 6.08 Å². The van der Waals surface area contributed by atoms with Crippen LogP contribution in [0.3, 0.4) is 0 Å². The molecule has 1 aromatic heterocycles. The molecule has 0 aliphatic rings. The maximum atomic E-state index is 12.4. The lowest BCUT2D eigenvalue weighted by Gasteiger charge is -2.03. The lowest BCUT2D eigenvalue weighted by atomic mass is 10.2. The fraction of sp³-hybridized carbons (Fsp3) is 0.0667. The van der Waals surface area contributed by atoms with E-state index in [4.69, 9.17) is 5.26 Å². The number of rotatable bonds is 3. The fourth-order valence-electron chi connectivity index (χ4n) is 1.63. The van der Waals surface area contributed by atoms with Gasteiger partial charge in [-0.2, -0.15) is 5.26 Å². The van der Waals surface area contributed by atoms with Crippen LogP contribution in [0.1, 0.15) is 11.1 Å². The maximum absolute atomic E-state index is 12.4. The van der Waals surface area contributed by atoms with Crippen molar-refractivity contribution in [2.24, 2.45) is 0 Å². The first-order valence-corrected chi connectivity index (χ1v) is 7.36. The van der Waals surface area contributed by atoms with Crippen LogP contribution in [0.4, 0.5) is 0 Å². The molecule has 1 heterocycles. The minimum Gasteiger partial charge on any atom is -0.264 e. The minimum atomic E-state index is -3.79. The summed E-state index contributed by atoms with van der Waals surface area (Å²) in [5, 5.41) is 9.12. The summed E-state index contributed by atoms with van der Waals surface area (Å²) in [4.78, 5) is 3.70. The van der Waals surface area contributed by atoms with Crippen LogP contribution in [0.5, 0.6) is 0 Å². The van der Waals surface area contributed by atoms with E-state index in [2.05, 4.69) is 4.98 Å². The van der Waals surface area contributed by atoms with E-state index in [0.29, 0.717) is 5.56 Å². The Morgan fingerprint density at radius 3 is 2.50 bits per heavy atom. The van der Waals surface area contributed by atoms with Crippen molar-refractivity contribution in [3.8, 4) is 6.07 Å². The van der Waals surface area contributed by atoms with E-state index in [9.17, 15) is 8.42 Å². The fourth-order valence-corrected chi connectivity index (χ4v) is 2.79. The molecule has 0 radical (unpaired) electrons. The number of hydrogen-bond acceptors (Lipinski definition) is 4. The van der Waals surface area contributed by atoms with Gasteiger partial charge >= 0.3 is 0 Å². The third-order valence-corrected chi connectivity index (χ3v) is 4.39. The van der Waals surface area contributed by atoms with E-state index in [0.717, 1.165) is 5.56 Å². The van der Waals surface area contributed by atoms with E-state index < -0.39 is 9.84 Å². The second-order valence-electron chi connectivity index (χ2n) is 4.22. The average molecular weight is 284 g/mol. The molecule has 0 spiro atoms. The number of aromatic nitrogens is 1. The number of allylic oxidation sites excluding steroid dienone is 1. The quantitative estimate of drug-likeness (QED) is 0.812. The zero-order chi connectivity index (χ0) is 14.6. The van der Waals surface area contributed by atoms with Crippen LogP contribution in [-0.2, 0) is 9.84 Å². The highest BCUT2D eigenvalue weighted by Crippen LogP contribution is 2.21. The van der Waals surface area contributed by atoms with Crippen molar-refractivity contribution in [1.82, 2.24) is 4.98 Å². The molecule has 4 nitrogen and oxygen atoms in total. The van der Waals surface area contributed by atoms with Gasteiger partial charge in [0.25, 0.3) is 0 Å². The van der Waals surface area contributed by atoms with Gasteiger partial charge in [0.05, 0.1) is 4.90 Å². The molecule has 20 heavy (non-hydrogen) atoms. The van der Waals surface area contributed by atoms with Gasteiger partial charge in [-0.1, -0.05) is 23.8 Å². The average Bonchev–Trinajstić information content (AvgIpc) is 2.46. The first kappa shape index (κ1) is 14.0. The number of nitriles is 1. The topological polar surface area (TPSA) is 70.8 Å². The molecule has 0 saturated carbocycles. The van der Waals surface area contributed by atoms with Crippen LogP contribution in [0.15, 0.2) is 58.6 Å². The van der Waals surface area contributed by atoms with Gasteiger partial charge in [0.15, 0.2) is 0 Å². The number of nitrogens with zero attached hydrogens (tertiary/aromatic N) is 2. The van der Waals surface area contributed by atoms with Gasteiger partial charge in [0.1, 0.15) is 11.0 Å². The monoisotopic (exact) mass is 284 g/mol. The van der Waals surface area contributed by atoms with Gasteiger partial charge in [0, 0.05) is 12.4 Å². The number of sulfone groups is 1. The van der Waals surface area contributed by atoms with Crippen LogP contribution >= 0.6 is 0 Å². The van der Waals surface area contributed by atoms with Crippen molar-refractivity contribution in [3.05, 3.63) is 64.8 Å². The standard InChI is InChI=1S/C15H12N2O2S/c1-12-4-6-14(7-5-12)20(18,19)15(10-16)9-13-3-2-8-17-11-13/h2-9,11H,1H3/b15-9-. The van der Waals surface area contributed by atoms with Crippen molar-refractivity contribution in [1.29, 1.82) is 5.26 Å². The van der Waals surface area contributed by atoms with Crippen molar-refractivity contribution in [3.63, 3.8) is 0 Å². The Morgan fingerprint density at radius 1 is 1.25 bits per heavy atom. The second kappa shape index (κ2) is 5.68. The molecule has 2 aromatic rings. The zero-order valence-corrected chi connectivity index (χ0v) is 11.6. The number of hydrogen-bond donors (Lipinski definition) is 0. The Hall–Kier alpha value is -2.45. The summed E-state index contributed by atoms with van der Waals surface area (Å²) in [5.41, 5.74) is 1.53. The summed E-state index contributed by atoms with van der Waals surface area (Å²) >= 11 is 0. The molecular formula is C15H12N2O2S. The third-order valence-electron chi connectivity index (χ3n) is 2.71. The molecule has 0 unspecified atom stereocenters. The largest absolute Gasteiger partial charge is 0.264 e. The van der Waals surface area contributed by atoms with Gasteiger partial charge in [-0.15, -0.1) is 0 Å². The van der Waals surface area contributed by atoms with Crippen LogP contribution in [0.2, 0.25) is 0 Å². The number of pyridine rings is 1. The molecule has 0 saturated heterocycles. The highest BCUT2D eigenvalue weighted by molar-refractivity contribution is 7.95. The second-order valence-corrected chi connectivity index (χ2v) is 6.14. The molecule has 0 aliphatic heterocycles. The van der Waals surface area contributed by atoms with Crippen LogP contribution in [-0.4, -0.2) is 13.4 Å². The van der Waals surface area contributed by atoms with E-state index in [1.165, 1.54) is 24.4 Å². The predicted molar refractivity (Wildman–Crippen MR) is 76.2 cm³/mol. The SMILES string of the molecule is Cc1ccc(S(=O)(=O)/C(C#N)=C\c2cccnc2)cc1. The Balaban J connectivity index is 2.49. The lowest BCUT2D eigenvalue weighted by molar-refractivity contribution is 0.603. The molecule has 0 atom stereocenters. The lowest BCUT2D eigenvalue weighted by Crippen LogP contribution is -2.03. The van der Waals surface area contributed by atoms with Gasteiger partial charge in [-0.3, -0.25) is 4.98 Å². The molecule has 0 amide bonds. The van der Waals surface area contributed by atoms with Crippen molar-refractivity contribution >= 4 is 15.9 Å². The summed E-state index contributed by atoms with van der Waals surface area (Å²) < 4.78 is 24.7. The summed E-state index contributed by atoms with van der Waals surface area (Å²) in [7, 11) is -3.79. The number of benzene rings is 1. The van der Waals surface area contributed by atoms with Crippen LogP contribution < -0.4 is 0 Å². The summed E-state index contributed by atoms with van der Waals surface area (Å²) in [6.45, 7) is 1.87. The molecule has 0 fully saturated rings. The summed E-state index contributed by atoms with van der Waals surface area (Å²) in [6, 6.07) is 11.5. The molecule has 5 heteroatoms. The molecule has 2 rings (SSSR count). The normalized spacial score (nSPS) is 11.9. The van der Waals surface area contributed by atoms with E-state index in [1.807, 2.05) is 6.92 Å². The van der Waals surface area contributed by atoms with E-state index in [1.54, 1.807) is 36.5 Å². The molecule has 0 N–H and O–H groups in total. The van der Waals surface area contributed by atoms with E-state index in [-0.39, 0.29) is 9.80 Å². The molecular weight excluding hydrogens is 272 g/mol. The predicted octanol–water partition coefficient (Wildman–Crippen LogP) is 2.73. The Kier molecular flexibility index (Phi) is 3.97. The Labute approximate surface area is 117 Å². The molecule has 0 aliphatic carbocycles. The van der Waals surface area contributed by atoms with Gasteiger partial charge in [0.2, 0.25) is 9.84 Å². The Bertz CT molecular complexity index is 771. The zero-order valence-electron chi connectivity index (χ0n) is 10.8. The Morgan fingerprint density at radius 2 is 1.95 bits per heavy atom. The summed E-state index contributed by atoms with van der Waals surface area (Å²) in [5.74, 6) is 0. The first-order valence-electron chi connectivity index (χ1n) is 5.87. The molecule has 1 aromatic carbocycles. The van der Waals surface area contributed by atoms with Gasteiger partial charge in [-0.25, -0.2) is 8.42 Å². The highest BCUT2D eigenvalue weighted by Gasteiger charge is 2.20. The van der Waals surface area contributed by atoms with Gasteiger partial charge in [-0.05, 0) is 36.8 Å². The highest BCUT2D eigenvalue weighted by atomic mass is 32.2. The van der Waals surface area contributed by atoms with E-state index >= 15 is 0 Å². The smallest absolute Gasteiger partial charge is 0.216 e. The van der Waals surface area contributed by atoms with Gasteiger partial charge < -0.3 is 0 Å². The maximum Gasteiger partial charge on any atom is 0.216 e. The summed E-state index contributed by atoms with van der Waals surface area (Å²) in [6.07, 6.45) is 4.40. The van der Waals surface area contributed by atoms with Crippen LogP contribution in [0, 0.1) is 18.3 Å². The minimum absolute atomic E-state index is 0.111. The first-order chi connectivity index (χ1) is 9.54. The van der Waals surface area contributed by atoms with Crippen molar-refractivity contribution < 1.29 is 8.42 Å². The van der Waals surface area contributed by atoms with Crippen molar-refractivity contribution in [2.75, 3.05) is 0 Å². The van der Waals surface area contributed by atoms with Crippen molar-refractivity contribution in [2.45, 2.75) is 11.8 Å². The molecule has 0 bridgehead atoms. The third kappa shape index (κ3) is 2.92. The number of aryl methyl sites for hydroxylation is 1.